The Labute approximate surface area is 123 Å². The number of fused-ring (bicyclic) bond motifs is 1. The van der Waals surface area contributed by atoms with Gasteiger partial charge in [-0.25, -0.2) is 9.48 Å². The highest BCUT2D eigenvalue weighted by atomic mass is 16.2. The molecular formula is C14H22N6O. The zero-order chi connectivity index (χ0) is 14.8. The van der Waals surface area contributed by atoms with E-state index in [4.69, 9.17) is 5.73 Å². The third kappa shape index (κ3) is 2.85. The van der Waals surface area contributed by atoms with Crippen LogP contribution in [0.2, 0.25) is 0 Å². The lowest BCUT2D eigenvalue weighted by Crippen LogP contribution is -2.55. The van der Waals surface area contributed by atoms with E-state index in [2.05, 4.69) is 21.9 Å². The summed E-state index contributed by atoms with van der Waals surface area (Å²) in [5.74, 6) is 0. The van der Waals surface area contributed by atoms with E-state index in [0.717, 1.165) is 26.2 Å². The van der Waals surface area contributed by atoms with Gasteiger partial charge < -0.3 is 10.6 Å². The van der Waals surface area contributed by atoms with Crippen molar-refractivity contribution in [3.05, 3.63) is 34.9 Å². The molecule has 1 fully saturated rings. The lowest BCUT2D eigenvalue weighted by molar-refractivity contribution is 0.0899. The molecule has 0 saturated carbocycles. The molecule has 21 heavy (non-hydrogen) atoms. The summed E-state index contributed by atoms with van der Waals surface area (Å²) in [6.07, 6.45) is 1.75. The monoisotopic (exact) mass is 290 g/mol. The van der Waals surface area contributed by atoms with Crippen molar-refractivity contribution < 1.29 is 0 Å². The predicted octanol–water partition coefficient (Wildman–Crippen LogP) is -0.929. The Kier molecular flexibility index (Phi) is 4.05. The molecule has 0 aliphatic carbocycles. The lowest BCUT2D eigenvalue weighted by atomic mass is 10.2. The van der Waals surface area contributed by atoms with Gasteiger partial charge in [-0.15, -0.1) is 5.10 Å². The molecule has 1 unspecified atom stereocenters. The van der Waals surface area contributed by atoms with E-state index >= 15 is 0 Å². The summed E-state index contributed by atoms with van der Waals surface area (Å²) in [4.78, 5) is 16.9. The van der Waals surface area contributed by atoms with Gasteiger partial charge in [0.05, 0.1) is 6.54 Å². The zero-order valence-electron chi connectivity index (χ0n) is 12.4. The number of nitrogens with two attached hydrogens (primary N) is 1. The number of hydrogen-bond acceptors (Lipinski definition) is 5. The topological polar surface area (TPSA) is 71.8 Å². The molecule has 3 rings (SSSR count). The van der Waals surface area contributed by atoms with E-state index in [1.165, 1.54) is 0 Å². The molecule has 0 amide bonds. The molecule has 1 aliphatic rings. The maximum atomic E-state index is 12.2. The zero-order valence-corrected chi connectivity index (χ0v) is 12.4. The second kappa shape index (κ2) is 5.97. The fourth-order valence-electron chi connectivity index (χ4n) is 2.90. The summed E-state index contributed by atoms with van der Waals surface area (Å²) in [7, 11) is 2.12. The number of likely N-dealkylation sites (N-methyl/N-ethyl adjacent to an activating group) is 1. The van der Waals surface area contributed by atoms with Crippen LogP contribution in [0, 0.1) is 0 Å². The van der Waals surface area contributed by atoms with Crippen molar-refractivity contribution in [1.82, 2.24) is 24.0 Å². The Morgan fingerprint density at radius 3 is 2.95 bits per heavy atom. The van der Waals surface area contributed by atoms with Gasteiger partial charge in [-0.1, -0.05) is 6.07 Å². The Bertz CT molecular complexity index is 663. The van der Waals surface area contributed by atoms with Crippen molar-refractivity contribution in [2.24, 2.45) is 5.73 Å². The first kappa shape index (κ1) is 14.2. The van der Waals surface area contributed by atoms with Crippen molar-refractivity contribution >= 4 is 5.65 Å². The van der Waals surface area contributed by atoms with Gasteiger partial charge in [-0.3, -0.25) is 9.30 Å². The quantitative estimate of drug-likeness (QED) is 0.788. The minimum atomic E-state index is -0.0796. The van der Waals surface area contributed by atoms with Crippen molar-refractivity contribution in [2.75, 3.05) is 39.8 Å². The third-order valence-electron chi connectivity index (χ3n) is 4.17. The number of rotatable bonds is 4. The van der Waals surface area contributed by atoms with Crippen LogP contribution in [0.1, 0.15) is 0 Å². The molecular weight excluding hydrogens is 268 g/mol. The molecule has 2 aromatic heterocycles. The highest BCUT2D eigenvalue weighted by Crippen LogP contribution is 2.07. The Morgan fingerprint density at radius 2 is 2.19 bits per heavy atom. The van der Waals surface area contributed by atoms with E-state index in [0.29, 0.717) is 24.8 Å². The standard InChI is InChI=1S/C14H22N6O/c1-17-6-7-18(12(10-15)11-17)8-9-20-14(21)19-5-3-2-4-13(19)16-20/h2-5,12H,6-11,15H2,1H3. The largest absolute Gasteiger partial charge is 0.350 e. The van der Waals surface area contributed by atoms with E-state index in [1.807, 2.05) is 18.2 Å². The maximum Gasteiger partial charge on any atom is 0.350 e. The summed E-state index contributed by atoms with van der Waals surface area (Å²) >= 11 is 0. The summed E-state index contributed by atoms with van der Waals surface area (Å²) in [6.45, 7) is 5.05. The number of pyridine rings is 1. The normalized spacial score (nSPS) is 21.1. The SMILES string of the molecule is CN1CCN(CCn2nc3ccccn3c2=O)C(CN)C1. The average Bonchev–Trinajstić information content (AvgIpc) is 2.83. The minimum Gasteiger partial charge on any atom is -0.329 e. The lowest BCUT2D eigenvalue weighted by Gasteiger charge is -2.39. The van der Waals surface area contributed by atoms with Gasteiger partial charge >= 0.3 is 5.69 Å². The number of hydrogen-bond donors (Lipinski definition) is 1. The van der Waals surface area contributed by atoms with Crippen LogP contribution in [-0.2, 0) is 6.54 Å². The second-order valence-electron chi connectivity index (χ2n) is 5.62. The van der Waals surface area contributed by atoms with Gasteiger partial charge in [-0.05, 0) is 19.2 Å². The number of piperazine rings is 1. The molecule has 0 aromatic carbocycles. The summed E-state index contributed by atoms with van der Waals surface area (Å²) in [5.41, 5.74) is 6.47. The Hall–Kier alpha value is -1.70. The molecule has 2 N–H and O–H groups in total. The van der Waals surface area contributed by atoms with E-state index in [1.54, 1.807) is 15.3 Å². The Morgan fingerprint density at radius 1 is 1.33 bits per heavy atom. The molecule has 0 radical (unpaired) electrons. The molecule has 0 bridgehead atoms. The summed E-state index contributed by atoms with van der Waals surface area (Å²) in [6, 6.07) is 5.93. The van der Waals surface area contributed by atoms with Crippen LogP contribution in [0.15, 0.2) is 29.2 Å². The van der Waals surface area contributed by atoms with Crippen LogP contribution in [0.5, 0.6) is 0 Å². The van der Waals surface area contributed by atoms with Gasteiger partial charge in [0.25, 0.3) is 0 Å². The number of nitrogens with zero attached hydrogens (tertiary/aromatic N) is 5. The van der Waals surface area contributed by atoms with Crippen molar-refractivity contribution in [3.63, 3.8) is 0 Å². The molecule has 1 saturated heterocycles. The van der Waals surface area contributed by atoms with Gasteiger partial charge in [-0.2, -0.15) is 0 Å². The molecule has 7 nitrogen and oxygen atoms in total. The van der Waals surface area contributed by atoms with Crippen LogP contribution in [0.3, 0.4) is 0 Å². The van der Waals surface area contributed by atoms with Crippen LogP contribution in [0.4, 0.5) is 0 Å². The molecule has 0 spiro atoms. The van der Waals surface area contributed by atoms with Crippen LogP contribution in [0.25, 0.3) is 5.65 Å². The molecule has 114 valence electrons. The molecule has 3 heterocycles. The third-order valence-corrected chi connectivity index (χ3v) is 4.17. The Balaban J connectivity index is 1.71. The molecule has 7 heteroatoms. The minimum absolute atomic E-state index is 0.0796. The first-order valence-corrected chi connectivity index (χ1v) is 7.36. The van der Waals surface area contributed by atoms with Gasteiger partial charge in [0.2, 0.25) is 0 Å². The maximum absolute atomic E-state index is 12.2. The highest BCUT2D eigenvalue weighted by Gasteiger charge is 2.23. The van der Waals surface area contributed by atoms with Crippen molar-refractivity contribution in [2.45, 2.75) is 12.6 Å². The van der Waals surface area contributed by atoms with Crippen LogP contribution in [-0.4, -0.2) is 69.8 Å². The van der Waals surface area contributed by atoms with Crippen molar-refractivity contribution in [1.29, 1.82) is 0 Å². The predicted molar refractivity (Wildman–Crippen MR) is 81.4 cm³/mol. The number of aromatic nitrogens is 3. The average molecular weight is 290 g/mol. The summed E-state index contributed by atoms with van der Waals surface area (Å²) in [5, 5.41) is 4.36. The smallest absolute Gasteiger partial charge is 0.329 e. The summed E-state index contributed by atoms with van der Waals surface area (Å²) < 4.78 is 3.12. The highest BCUT2D eigenvalue weighted by molar-refractivity contribution is 5.35. The van der Waals surface area contributed by atoms with Crippen molar-refractivity contribution in [3.8, 4) is 0 Å². The van der Waals surface area contributed by atoms with Gasteiger partial charge in [0.15, 0.2) is 5.65 Å². The fourth-order valence-corrected chi connectivity index (χ4v) is 2.90. The second-order valence-corrected chi connectivity index (χ2v) is 5.62. The fraction of sp³-hybridized carbons (Fsp3) is 0.571. The van der Waals surface area contributed by atoms with Gasteiger partial charge in [0, 0.05) is 45.0 Å². The first-order chi connectivity index (χ1) is 10.2. The van der Waals surface area contributed by atoms with E-state index in [9.17, 15) is 4.79 Å². The molecule has 2 aromatic rings. The molecule has 1 aliphatic heterocycles. The van der Waals surface area contributed by atoms with Crippen LogP contribution < -0.4 is 11.4 Å². The van der Waals surface area contributed by atoms with E-state index < -0.39 is 0 Å². The first-order valence-electron chi connectivity index (χ1n) is 7.36. The molecule has 1 atom stereocenters. The van der Waals surface area contributed by atoms with Gasteiger partial charge in [0.1, 0.15) is 0 Å². The van der Waals surface area contributed by atoms with E-state index in [-0.39, 0.29) is 5.69 Å². The van der Waals surface area contributed by atoms with Crippen LogP contribution >= 0.6 is 0 Å².